The van der Waals surface area contributed by atoms with Crippen molar-refractivity contribution in [3.63, 3.8) is 0 Å². The average molecular weight is 328 g/mol. The normalized spacial score (nSPS) is 11.9. The number of nitrogens with one attached hydrogen (secondary N) is 2. The first-order chi connectivity index (χ1) is 11.8. The van der Waals surface area contributed by atoms with E-state index in [0.717, 1.165) is 17.7 Å². The van der Waals surface area contributed by atoms with Crippen molar-refractivity contribution in [2.45, 2.75) is 19.9 Å². The van der Waals surface area contributed by atoms with E-state index >= 15 is 0 Å². The molecule has 1 aliphatic rings. The van der Waals surface area contributed by atoms with Crippen LogP contribution in [0.1, 0.15) is 18.9 Å². The molecule has 0 radical (unpaired) electrons. The summed E-state index contributed by atoms with van der Waals surface area (Å²) in [5.74, 6) is 2.09. The monoisotopic (exact) mass is 328 g/mol. The second-order valence-electron chi connectivity index (χ2n) is 5.34. The predicted molar refractivity (Wildman–Crippen MR) is 90.7 cm³/mol. The van der Waals surface area contributed by atoms with Crippen molar-refractivity contribution in [1.29, 1.82) is 0 Å². The molecule has 3 rings (SSSR count). The maximum absolute atomic E-state index is 12.1. The van der Waals surface area contributed by atoms with E-state index in [1.165, 1.54) is 0 Å². The number of hydrogen-bond acceptors (Lipinski definition) is 4. The fraction of sp³-hybridized carbons (Fsp3) is 0.278. The zero-order chi connectivity index (χ0) is 16.8. The molecule has 0 saturated carbocycles. The lowest BCUT2D eigenvalue weighted by molar-refractivity contribution is 0.174. The third-order valence-electron chi connectivity index (χ3n) is 3.49. The molecule has 0 atom stereocenters. The van der Waals surface area contributed by atoms with Crippen molar-refractivity contribution in [3.8, 4) is 17.2 Å². The van der Waals surface area contributed by atoms with Gasteiger partial charge in [0.1, 0.15) is 5.75 Å². The Kier molecular flexibility index (Phi) is 5.05. The number of hydrogen-bond donors (Lipinski definition) is 2. The number of carbonyl (C=O) groups excluding carboxylic acids is 1. The highest BCUT2D eigenvalue weighted by atomic mass is 16.7. The minimum atomic E-state index is -0.291. The standard InChI is InChI=1S/C18H20N2O4/c1-2-9-22-15-6-4-3-5-14(15)20-18(21)19-11-13-7-8-16-17(10-13)24-12-23-16/h3-8,10H,2,9,11-12H2,1H3,(H2,19,20,21). The number of carbonyl (C=O) groups is 1. The Balaban J connectivity index is 1.56. The van der Waals surface area contributed by atoms with Crippen LogP contribution in [0, 0.1) is 0 Å². The van der Waals surface area contributed by atoms with E-state index in [1.807, 2.05) is 49.4 Å². The number of benzene rings is 2. The first-order valence-electron chi connectivity index (χ1n) is 7.91. The Labute approximate surface area is 140 Å². The molecule has 0 bridgehead atoms. The van der Waals surface area contributed by atoms with Crippen molar-refractivity contribution in [2.75, 3.05) is 18.7 Å². The molecular weight excluding hydrogens is 308 g/mol. The summed E-state index contributed by atoms with van der Waals surface area (Å²) in [6.45, 7) is 3.27. The maximum Gasteiger partial charge on any atom is 0.319 e. The van der Waals surface area contributed by atoms with Crippen molar-refractivity contribution < 1.29 is 19.0 Å². The highest BCUT2D eigenvalue weighted by Gasteiger charge is 2.13. The third-order valence-corrected chi connectivity index (χ3v) is 3.49. The predicted octanol–water partition coefficient (Wildman–Crippen LogP) is 3.53. The van der Waals surface area contributed by atoms with Gasteiger partial charge >= 0.3 is 6.03 Å². The third kappa shape index (κ3) is 3.90. The fourth-order valence-electron chi connectivity index (χ4n) is 2.31. The van der Waals surface area contributed by atoms with Gasteiger partial charge in [0.05, 0.1) is 12.3 Å². The highest BCUT2D eigenvalue weighted by molar-refractivity contribution is 5.90. The van der Waals surface area contributed by atoms with E-state index in [4.69, 9.17) is 14.2 Å². The molecule has 126 valence electrons. The summed E-state index contributed by atoms with van der Waals surface area (Å²) in [5, 5.41) is 5.63. The molecule has 0 fully saturated rings. The molecule has 2 N–H and O–H groups in total. The summed E-state index contributed by atoms with van der Waals surface area (Å²) in [7, 11) is 0. The first kappa shape index (κ1) is 16.0. The van der Waals surface area contributed by atoms with Gasteiger partial charge in [-0.05, 0) is 36.2 Å². The van der Waals surface area contributed by atoms with Crippen LogP contribution in [0.3, 0.4) is 0 Å². The van der Waals surface area contributed by atoms with Crippen molar-refractivity contribution in [3.05, 3.63) is 48.0 Å². The molecule has 1 aliphatic heterocycles. The Morgan fingerprint density at radius 3 is 2.88 bits per heavy atom. The highest BCUT2D eigenvalue weighted by Crippen LogP contribution is 2.32. The van der Waals surface area contributed by atoms with E-state index in [2.05, 4.69) is 10.6 Å². The van der Waals surface area contributed by atoms with Crippen molar-refractivity contribution >= 4 is 11.7 Å². The summed E-state index contributed by atoms with van der Waals surface area (Å²) in [6.07, 6.45) is 0.907. The Morgan fingerprint density at radius 1 is 1.17 bits per heavy atom. The van der Waals surface area contributed by atoms with Gasteiger partial charge in [-0.15, -0.1) is 0 Å². The Bertz CT molecular complexity index is 718. The second kappa shape index (κ2) is 7.59. The molecule has 0 unspecified atom stereocenters. The van der Waals surface area contributed by atoms with Gasteiger partial charge in [0.25, 0.3) is 0 Å². The van der Waals surface area contributed by atoms with E-state index in [0.29, 0.717) is 30.3 Å². The summed E-state index contributed by atoms with van der Waals surface area (Å²) in [6, 6.07) is 12.7. The lowest BCUT2D eigenvalue weighted by Crippen LogP contribution is -2.28. The quantitative estimate of drug-likeness (QED) is 0.851. The maximum atomic E-state index is 12.1. The van der Waals surface area contributed by atoms with Gasteiger partial charge < -0.3 is 24.8 Å². The van der Waals surface area contributed by atoms with Crippen molar-refractivity contribution in [1.82, 2.24) is 5.32 Å². The van der Waals surface area contributed by atoms with Crippen LogP contribution in [-0.2, 0) is 6.54 Å². The molecule has 0 aromatic heterocycles. The number of urea groups is 1. The van der Waals surface area contributed by atoms with Crippen LogP contribution >= 0.6 is 0 Å². The number of fused-ring (bicyclic) bond motifs is 1. The zero-order valence-electron chi connectivity index (χ0n) is 13.5. The SMILES string of the molecule is CCCOc1ccccc1NC(=O)NCc1ccc2c(c1)OCO2. The number of amides is 2. The largest absolute Gasteiger partial charge is 0.491 e. The van der Waals surface area contributed by atoms with E-state index in [9.17, 15) is 4.79 Å². The summed E-state index contributed by atoms with van der Waals surface area (Å²) in [5.41, 5.74) is 1.58. The van der Waals surface area contributed by atoms with E-state index in [1.54, 1.807) is 0 Å². The minimum absolute atomic E-state index is 0.237. The fourth-order valence-corrected chi connectivity index (χ4v) is 2.31. The van der Waals surface area contributed by atoms with Crippen LogP contribution < -0.4 is 24.8 Å². The number of anilines is 1. The van der Waals surface area contributed by atoms with Gasteiger partial charge in [0.2, 0.25) is 6.79 Å². The van der Waals surface area contributed by atoms with Crippen LogP contribution in [0.5, 0.6) is 17.2 Å². The molecule has 2 amide bonds. The topological polar surface area (TPSA) is 68.8 Å². The van der Waals surface area contributed by atoms with Gasteiger partial charge in [0.15, 0.2) is 11.5 Å². The summed E-state index contributed by atoms with van der Waals surface area (Å²) >= 11 is 0. The lowest BCUT2D eigenvalue weighted by Gasteiger charge is -2.12. The first-order valence-corrected chi connectivity index (χ1v) is 7.91. The van der Waals surface area contributed by atoms with E-state index < -0.39 is 0 Å². The van der Waals surface area contributed by atoms with Crippen LogP contribution in [0.2, 0.25) is 0 Å². The van der Waals surface area contributed by atoms with E-state index in [-0.39, 0.29) is 12.8 Å². The molecular formula is C18H20N2O4. The van der Waals surface area contributed by atoms with Crippen LogP contribution in [0.4, 0.5) is 10.5 Å². The molecule has 6 heteroatoms. The van der Waals surface area contributed by atoms with Gasteiger partial charge in [0, 0.05) is 6.54 Å². The van der Waals surface area contributed by atoms with Gasteiger partial charge in [-0.2, -0.15) is 0 Å². The number of para-hydroxylation sites is 2. The molecule has 0 saturated heterocycles. The minimum Gasteiger partial charge on any atom is -0.491 e. The average Bonchev–Trinajstić information content (AvgIpc) is 3.07. The van der Waals surface area contributed by atoms with Gasteiger partial charge in [-0.3, -0.25) is 0 Å². The molecule has 2 aromatic carbocycles. The zero-order valence-corrected chi connectivity index (χ0v) is 13.5. The Hall–Kier alpha value is -2.89. The molecule has 2 aromatic rings. The van der Waals surface area contributed by atoms with Crippen LogP contribution in [0.25, 0.3) is 0 Å². The molecule has 0 aliphatic carbocycles. The number of rotatable bonds is 6. The lowest BCUT2D eigenvalue weighted by atomic mass is 10.2. The summed E-state index contributed by atoms with van der Waals surface area (Å²) < 4.78 is 16.2. The van der Waals surface area contributed by atoms with Gasteiger partial charge in [-0.1, -0.05) is 25.1 Å². The van der Waals surface area contributed by atoms with Gasteiger partial charge in [-0.25, -0.2) is 4.79 Å². The molecule has 0 spiro atoms. The van der Waals surface area contributed by atoms with Crippen LogP contribution in [-0.4, -0.2) is 19.4 Å². The Morgan fingerprint density at radius 2 is 2.00 bits per heavy atom. The summed E-state index contributed by atoms with van der Waals surface area (Å²) in [4.78, 5) is 12.1. The van der Waals surface area contributed by atoms with Crippen LogP contribution in [0.15, 0.2) is 42.5 Å². The molecule has 6 nitrogen and oxygen atoms in total. The second-order valence-corrected chi connectivity index (χ2v) is 5.34. The van der Waals surface area contributed by atoms with Crippen molar-refractivity contribution in [2.24, 2.45) is 0 Å². The molecule has 1 heterocycles. The molecule has 24 heavy (non-hydrogen) atoms. The smallest absolute Gasteiger partial charge is 0.319 e. The number of ether oxygens (including phenoxy) is 3.